The summed E-state index contributed by atoms with van der Waals surface area (Å²) in [7, 11) is 2.21. The number of rotatable bonds is 6. The van der Waals surface area contributed by atoms with Gasteiger partial charge in [-0.1, -0.05) is 24.3 Å². The molecule has 2 aliphatic rings. The van der Waals surface area contributed by atoms with Crippen LogP contribution < -0.4 is 5.32 Å². The summed E-state index contributed by atoms with van der Waals surface area (Å²) in [6.45, 7) is 8.10. The molecule has 0 unspecified atom stereocenters. The summed E-state index contributed by atoms with van der Waals surface area (Å²) in [5.41, 5.74) is 2.85. The second kappa shape index (κ2) is 6.70. The van der Waals surface area contributed by atoms with E-state index >= 15 is 0 Å². The number of nitrogens with zero attached hydrogens (tertiary/aromatic N) is 2. The first-order valence-corrected chi connectivity index (χ1v) is 7.99. The molecule has 0 amide bonds. The largest absolute Gasteiger partial charge is 0.312 e. The lowest BCUT2D eigenvalue weighted by atomic mass is 10.1. The molecule has 3 heteroatoms. The monoisotopic (exact) mass is 273 g/mol. The minimum Gasteiger partial charge on any atom is -0.312 e. The molecule has 1 aromatic rings. The number of nitrogens with one attached hydrogen (secondary N) is 1. The van der Waals surface area contributed by atoms with Crippen molar-refractivity contribution in [1.82, 2.24) is 15.1 Å². The number of hydrogen-bond acceptors (Lipinski definition) is 3. The fraction of sp³-hybridized carbons (Fsp3) is 0.647. The number of benzene rings is 1. The lowest BCUT2D eigenvalue weighted by Crippen LogP contribution is -2.43. The van der Waals surface area contributed by atoms with E-state index in [1.165, 1.54) is 56.7 Å². The van der Waals surface area contributed by atoms with Gasteiger partial charge in [-0.15, -0.1) is 0 Å². The van der Waals surface area contributed by atoms with Crippen molar-refractivity contribution in [2.75, 3.05) is 39.8 Å². The molecule has 1 aliphatic carbocycles. The van der Waals surface area contributed by atoms with Crippen molar-refractivity contribution in [2.24, 2.45) is 5.92 Å². The van der Waals surface area contributed by atoms with Crippen LogP contribution >= 0.6 is 0 Å². The molecule has 110 valence electrons. The van der Waals surface area contributed by atoms with E-state index in [0.29, 0.717) is 0 Å². The van der Waals surface area contributed by atoms with Crippen LogP contribution in [0.15, 0.2) is 24.3 Å². The van der Waals surface area contributed by atoms with E-state index in [4.69, 9.17) is 0 Å². The lowest BCUT2D eigenvalue weighted by molar-refractivity contribution is 0.148. The van der Waals surface area contributed by atoms with Crippen molar-refractivity contribution >= 4 is 0 Å². The molecule has 3 rings (SSSR count). The highest BCUT2D eigenvalue weighted by Gasteiger charge is 2.20. The van der Waals surface area contributed by atoms with Gasteiger partial charge in [-0.3, -0.25) is 4.90 Å². The Balaban J connectivity index is 1.43. The average Bonchev–Trinajstić information content (AvgIpc) is 3.28. The molecule has 0 aromatic heterocycles. The molecule has 20 heavy (non-hydrogen) atoms. The quantitative estimate of drug-likeness (QED) is 0.854. The third-order valence-electron chi connectivity index (χ3n) is 4.48. The Kier molecular flexibility index (Phi) is 4.71. The van der Waals surface area contributed by atoms with Crippen molar-refractivity contribution in [3.63, 3.8) is 0 Å². The van der Waals surface area contributed by atoms with Crippen LogP contribution in [-0.4, -0.2) is 49.6 Å². The summed E-state index contributed by atoms with van der Waals surface area (Å²) in [5, 5.41) is 3.55. The summed E-state index contributed by atoms with van der Waals surface area (Å²) in [5.74, 6) is 0.964. The van der Waals surface area contributed by atoms with Crippen LogP contribution in [-0.2, 0) is 13.1 Å². The molecule has 1 saturated heterocycles. The van der Waals surface area contributed by atoms with Gasteiger partial charge in [0.2, 0.25) is 0 Å². The molecule has 1 N–H and O–H groups in total. The Labute approximate surface area is 123 Å². The van der Waals surface area contributed by atoms with Crippen LogP contribution in [0.25, 0.3) is 0 Å². The third-order valence-corrected chi connectivity index (χ3v) is 4.48. The molecule has 3 nitrogen and oxygen atoms in total. The first kappa shape index (κ1) is 14.1. The van der Waals surface area contributed by atoms with E-state index in [-0.39, 0.29) is 0 Å². The third kappa shape index (κ3) is 4.30. The summed E-state index contributed by atoms with van der Waals surface area (Å²) in [6, 6.07) is 9.16. The van der Waals surface area contributed by atoms with E-state index in [1.54, 1.807) is 0 Å². The molecule has 2 fully saturated rings. The van der Waals surface area contributed by atoms with E-state index in [0.717, 1.165) is 19.0 Å². The minimum absolute atomic E-state index is 0.964. The van der Waals surface area contributed by atoms with Crippen LogP contribution in [0.4, 0.5) is 0 Å². The highest BCUT2D eigenvalue weighted by Crippen LogP contribution is 2.27. The maximum Gasteiger partial charge on any atom is 0.0234 e. The van der Waals surface area contributed by atoms with Crippen molar-refractivity contribution in [3.05, 3.63) is 35.4 Å². The van der Waals surface area contributed by atoms with Crippen molar-refractivity contribution < 1.29 is 0 Å². The molecule has 0 spiro atoms. The van der Waals surface area contributed by atoms with Gasteiger partial charge in [0.25, 0.3) is 0 Å². The van der Waals surface area contributed by atoms with Gasteiger partial charge in [-0.05, 0) is 43.5 Å². The SMILES string of the molecule is CN1CCN(Cc2ccc(CNCC3CC3)cc2)CC1. The molecule has 1 aromatic carbocycles. The standard InChI is InChI=1S/C17H27N3/c1-19-8-10-20(11-9-19)14-17-6-4-16(5-7-17)13-18-12-15-2-3-15/h4-7,15,18H,2-3,8-14H2,1H3. The van der Waals surface area contributed by atoms with Crippen molar-refractivity contribution in [3.8, 4) is 0 Å². The predicted molar refractivity (Wildman–Crippen MR) is 83.6 cm³/mol. The fourth-order valence-corrected chi connectivity index (χ4v) is 2.77. The zero-order chi connectivity index (χ0) is 13.8. The zero-order valence-electron chi connectivity index (χ0n) is 12.6. The number of likely N-dealkylation sites (N-methyl/N-ethyl adjacent to an activating group) is 1. The summed E-state index contributed by atoms with van der Waals surface area (Å²) in [4.78, 5) is 4.96. The molecule has 1 saturated carbocycles. The zero-order valence-corrected chi connectivity index (χ0v) is 12.6. The Morgan fingerprint density at radius 3 is 2.30 bits per heavy atom. The van der Waals surface area contributed by atoms with Crippen LogP contribution in [0.2, 0.25) is 0 Å². The Morgan fingerprint density at radius 2 is 1.65 bits per heavy atom. The van der Waals surface area contributed by atoms with Gasteiger partial charge in [0.05, 0.1) is 0 Å². The lowest BCUT2D eigenvalue weighted by Gasteiger charge is -2.32. The maximum atomic E-state index is 3.55. The molecule has 1 heterocycles. The van der Waals surface area contributed by atoms with Crippen molar-refractivity contribution in [2.45, 2.75) is 25.9 Å². The van der Waals surface area contributed by atoms with Gasteiger partial charge in [-0.25, -0.2) is 0 Å². The molecule has 0 radical (unpaired) electrons. The predicted octanol–water partition coefficient (Wildman–Crippen LogP) is 1.93. The average molecular weight is 273 g/mol. The van der Waals surface area contributed by atoms with Gasteiger partial charge >= 0.3 is 0 Å². The maximum absolute atomic E-state index is 3.55. The van der Waals surface area contributed by atoms with E-state index in [1.807, 2.05) is 0 Å². The Hall–Kier alpha value is -0.900. The van der Waals surface area contributed by atoms with Crippen LogP contribution in [0, 0.1) is 5.92 Å². The Bertz CT molecular complexity index is 403. The normalized spacial score (nSPS) is 21.2. The smallest absolute Gasteiger partial charge is 0.0234 e. The first-order chi connectivity index (χ1) is 9.79. The summed E-state index contributed by atoms with van der Waals surface area (Å²) < 4.78 is 0. The van der Waals surface area contributed by atoms with Gasteiger partial charge < -0.3 is 10.2 Å². The topological polar surface area (TPSA) is 18.5 Å². The van der Waals surface area contributed by atoms with Crippen LogP contribution in [0.5, 0.6) is 0 Å². The molecular weight excluding hydrogens is 246 g/mol. The van der Waals surface area contributed by atoms with E-state index < -0.39 is 0 Å². The van der Waals surface area contributed by atoms with Crippen LogP contribution in [0.3, 0.4) is 0 Å². The highest BCUT2D eigenvalue weighted by molar-refractivity contribution is 5.22. The molecule has 0 atom stereocenters. The molecule has 1 aliphatic heterocycles. The molecular formula is C17H27N3. The minimum atomic E-state index is 0.964. The first-order valence-electron chi connectivity index (χ1n) is 7.99. The van der Waals surface area contributed by atoms with Gasteiger partial charge in [-0.2, -0.15) is 0 Å². The van der Waals surface area contributed by atoms with Crippen molar-refractivity contribution in [1.29, 1.82) is 0 Å². The van der Waals surface area contributed by atoms with E-state index in [2.05, 4.69) is 46.4 Å². The second-order valence-electron chi connectivity index (χ2n) is 6.47. The van der Waals surface area contributed by atoms with Gasteiger partial charge in [0.15, 0.2) is 0 Å². The highest BCUT2D eigenvalue weighted by atomic mass is 15.2. The number of piperazine rings is 1. The van der Waals surface area contributed by atoms with Crippen LogP contribution in [0.1, 0.15) is 24.0 Å². The fourth-order valence-electron chi connectivity index (χ4n) is 2.77. The van der Waals surface area contributed by atoms with Gasteiger partial charge in [0, 0.05) is 39.3 Å². The summed E-state index contributed by atoms with van der Waals surface area (Å²) >= 11 is 0. The Morgan fingerprint density at radius 1 is 1.00 bits per heavy atom. The second-order valence-corrected chi connectivity index (χ2v) is 6.47. The summed E-state index contributed by atoms with van der Waals surface area (Å²) in [6.07, 6.45) is 2.86. The van der Waals surface area contributed by atoms with E-state index in [9.17, 15) is 0 Å². The molecule has 0 bridgehead atoms. The number of hydrogen-bond donors (Lipinski definition) is 1. The van der Waals surface area contributed by atoms with Gasteiger partial charge in [0.1, 0.15) is 0 Å².